The van der Waals surface area contributed by atoms with Gasteiger partial charge in [0.1, 0.15) is 6.61 Å². The number of hydrogen-bond donors (Lipinski definition) is 3. The maximum absolute atomic E-state index is 10.8. The largest absolute Gasteiger partial charge is 0.372 e. The van der Waals surface area contributed by atoms with Gasteiger partial charge in [-0.2, -0.15) is 0 Å². The number of nitrogens with one attached hydrogen (secondary N) is 3. The van der Waals surface area contributed by atoms with Crippen LogP contribution in [-0.4, -0.2) is 49.2 Å². The van der Waals surface area contributed by atoms with Crippen LogP contribution >= 0.6 is 0 Å². The number of rotatable bonds is 10. The Morgan fingerprint density at radius 1 is 1.44 bits per heavy atom. The highest BCUT2D eigenvalue weighted by molar-refractivity contribution is 5.76. The van der Waals surface area contributed by atoms with Crippen molar-refractivity contribution in [1.29, 1.82) is 0 Å². The highest BCUT2D eigenvalue weighted by atomic mass is 16.5. The fourth-order valence-corrected chi connectivity index (χ4v) is 1.49. The van der Waals surface area contributed by atoms with Crippen LogP contribution in [0.15, 0.2) is 12.5 Å². The zero-order valence-electron chi connectivity index (χ0n) is 10.9. The third-order valence-corrected chi connectivity index (χ3v) is 2.51. The number of hydrogen-bond acceptors (Lipinski definition) is 4. The van der Waals surface area contributed by atoms with Gasteiger partial charge in [-0.1, -0.05) is 0 Å². The van der Waals surface area contributed by atoms with Gasteiger partial charge in [0, 0.05) is 25.5 Å². The number of imidazole rings is 1. The second kappa shape index (κ2) is 9.61. The number of aromatic amines is 1. The van der Waals surface area contributed by atoms with E-state index in [0.29, 0.717) is 6.61 Å². The zero-order chi connectivity index (χ0) is 13.1. The minimum absolute atomic E-state index is 0.0810. The third-order valence-electron chi connectivity index (χ3n) is 2.51. The zero-order valence-corrected chi connectivity index (χ0v) is 10.9. The lowest BCUT2D eigenvalue weighted by molar-refractivity contribution is -0.125. The molecule has 18 heavy (non-hydrogen) atoms. The molecular weight excluding hydrogens is 232 g/mol. The molecule has 1 aromatic rings. The van der Waals surface area contributed by atoms with E-state index in [1.807, 2.05) is 6.20 Å². The second-order valence-electron chi connectivity index (χ2n) is 4.01. The average molecular weight is 254 g/mol. The van der Waals surface area contributed by atoms with E-state index in [1.54, 1.807) is 13.4 Å². The van der Waals surface area contributed by atoms with Crippen LogP contribution in [0.2, 0.25) is 0 Å². The summed E-state index contributed by atoms with van der Waals surface area (Å²) in [5.41, 5.74) is 1.17. The molecule has 0 radical (unpaired) electrons. The van der Waals surface area contributed by atoms with E-state index in [9.17, 15) is 4.79 Å². The second-order valence-corrected chi connectivity index (χ2v) is 4.01. The number of H-pyrrole nitrogens is 1. The average Bonchev–Trinajstić information content (AvgIpc) is 2.89. The van der Waals surface area contributed by atoms with E-state index < -0.39 is 0 Å². The van der Waals surface area contributed by atoms with Gasteiger partial charge < -0.3 is 20.4 Å². The molecule has 0 unspecified atom stereocenters. The van der Waals surface area contributed by atoms with Crippen LogP contribution in [0, 0.1) is 0 Å². The normalized spacial score (nSPS) is 10.5. The van der Waals surface area contributed by atoms with E-state index in [-0.39, 0.29) is 12.5 Å². The van der Waals surface area contributed by atoms with Crippen molar-refractivity contribution in [3.8, 4) is 0 Å². The number of carbonyl (C=O) groups excluding carboxylic acids is 1. The van der Waals surface area contributed by atoms with Gasteiger partial charge >= 0.3 is 0 Å². The lowest BCUT2D eigenvalue weighted by Gasteiger charge is -2.05. The molecule has 0 spiro atoms. The molecule has 3 N–H and O–H groups in total. The van der Waals surface area contributed by atoms with Crippen LogP contribution in [0.3, 0.4) is 0 Å². The van der Waals surface area contributed by atoms with E-state index in [1.165, 1.54) is 5.69 Å². The summed E-state index contributed by atoms with van der Waals surface area (Å²) in [6.07, 6.45) is 6.57. The van der Waals surface area contributed by atoms with Crippen LogP contribution < -0.4 is 10.6 Å². The maximum atomic E-state index is 10.8. The van der Waals surface area contributed by atoms with Crippen molar-refractivity contribution >= 4 is 5.91 Å². The Balaban J connectivity index is 1.80. The molecule has 0 bridgehead atoms. The minimum Gasteiger partial charge on any atom is -0.372 e. The Kier molecular flexibility index (Phi) is 7.83. The predicted molar refractivity (Wildman–Crippen MR) is 69.3 cm³/mol. The lowest BCUT2D eigenvalue weighted by Crippen LogP contribution is -2.24. The molecule has 0 saturated heterocycles. The lowest BCUT2D eigenvalue weighted by atomic mass is 10.2. The van der Waals surface area contributed by atoms with Gasteiger partial charge in [0.2, 0.25) is 5.91 Å². The minimum atomic E-state index is -0.0810. The van der Waals surface area contributed by atoms with Gasteiger partial charge in [0.05, 0.1) is 6.33 Å². The van der Waals surface area contributed by atoms with Crippen LogP contribution in [0.25, 0.3) is 0 Å². The molecule has 0 aromatic carbocycles. The quantitative estimate of drug-likeness (QED) is 0.517. The van der Waals surface area contributed by atoms with Crippen molar-refractivity contribution in [1.82, 2.24) is 20.6 Å². The first-order chi connectivity index (χ1) is 8.83. The smallest absolute Gasteiger partial charge is 0.245 e. The van der Waals surface area contributed by atoms with Gasteiger partial charge in [-0.05, 0) is 32.4 Å². The van der Waals surface area contributed by atoms with Gasteiger partial charge in [0.25, 0.3) is 0 Å². The van der Waals surface area contributed by atoms with Gasteiger partial charge in [-0.25, -0.2) is 4.98 Å². The molecule has 1 aromatic heterocycles. The summed E-state index contributed by atoms with van der Waals surface area (Å²) in [7, 11) is 1.60. The molecule has 0 fully saturated rings. The summed E-state index contributed by atoms with van der Waals surface area (Å²) < 4.78 is 5.19. The Morgan fingerprint density at radius 3 is 3.00 bits per heavy atom. The topological polar surface area (TPSA) is 79.0 Å². The van der Waals surface area contributed by atoms with Crippen LogP contribution in [0.4, 0.5) is 0 Å². The van der Waals surface area contributed by atoms with Crippen LogP contribution in [0.5, 0.6) is 0 Å². The number of nitrogens with zero attached hydrogens (tertiary/aromatic N) is 1. The van der Waals surface area contributed by atoms with Gasteiger partial charge in [-0.15, -0.1) is 0 Å². The van der Waals surface area contributed by atoms with Crippen molar-refractivity contribution in [3.05, 3.63) is 18.2 Å². The number of aromatic nitrogens is 2. The SMILES string of the molecule is CNC(=O)COCCCNCCCc1cnc[nH]1. The summed E-state index contributed by atoms with van der Waals surface area (Å²) in [6.45, 7) is 2.66. The standard InChI is InChI=1S/C12H22N4O2/c1-13-12(17)9-18-7-3-6-14-5-2-4-11-8-15-10-16-11/h8,10,14H,2-7,9H2,1H3,(H,13,17)(H,15,16). The summed E-state index contributed by atoms with van der Waals surface area (Å²) in [6, 6.07) is 0. The fraction of sp³-hybridized carbons (Fsp3) is 0.667. The number of amides is 1. The highest BCUT2D eigenvalue weighted by Crippen LogP contribution is 1.95. The van der Waals surface area contributed by atoms with Gasteiger partial charge in [0.15, 0.2) is 0 Å². The number of carbonyl (C=O) groups is 1. The first kappa shape index (κ1) is 14.7. The summed E-state index contributed by atoms with van der Waals surface area (Å²) >= 11 is 0. The maximum Gasteiger partial charge on any atom is 0.245 e. The Bertz CT molecular complexity index is 314. The van der Waals surface area contributed by atoms with Crippen LogP contribution in [0.1, 0.15) is 18.5 Å². The first-order valence-corrected chi connectivity index (χ1v) is 6.29. The summed E-state index contributed by atoms with van der Waals surface area (Å²) in [5.74, 6) is -0.0810. The summed E-state index contributed by atoms with van der Waals surface area (Å²) in [5, 5.41) is 5.84. The molecule has 6 nitrogen and oxygen atoms in total. The van der Waals surface area contributed by atoms with Crippen molar-refractivity contribution < 1.29 is 9.53 Å². The van der Waals surface area contributed by atoms with E-state index >= 15 is 0 Å². The molecule has 0 saturated carbocycles. The van der Waals surface area contributed by atoms with E-state index in [0.717, 1.165) is 32.4 Å². The Morgan fingerprint density at radius 2 is 2.28 bits per heavy atom. The highest BCUT2D eigenvalue weighted by Gasteiger charge is 1.97. The molecule has 1 heterocycles. The predicted octanol–water partition coefficient (Wildman–Crippen LogP) is 0.0846. The van der Waals surface area contributed by atoms with Crippen molar-refractivity contribution in [2.75, 3.05) is 33.4 Å². The van der Waals surface area contributed by atoms with Crippen molar-refractivity contribution in [2.45, 2.75) is 19.3 Å². The van der Waals surface area contributed by atoms with E-state index in [2.05, 4.69) is 20.6 Å². The molecule has 0 aliphatic heterocycles. The Hall–Kier alpha value is -1.40. The molecule has 0 aliphatic rings. The van der Waals surface area contributed by atoms with Crippen molar-refractivity contribution in [3.63, 3.8) is 0 Å². The third kappa shape index (κ3) is 7.03. The Labute approximate surface area is 108 Å². The molecule has 0 atom stereocenters. The number of ether oxygens (including phenoxy) is 1. The summed E-state index contributed by atoms with van der Waals surface area (Å²) in [4.78, 5) is 17.9. The molecule has 102 valence electrons. The molecule has 0 aliphatic carbocycles. The first-order valence-electron chi connectivity index (χ1n) is 6.29. The van der Waals surface area contributed by atoms with Crippen LogP contribution in [-0.2, 0) is 16.0 Å². The monoisotopic (exact) mass is 254 g/mol. The van der Waals surface area contributed by atoms with E-state index in [4.69, 9.17) is 4.74 Å². The number of likely N-dealkylation sites (N-methyl/N-ethyl adjacent to an activating group) is 1. The molecule has 1 rings (SSSR count). The van der Waals surface area contributed by atoms with Gasteiger partial charge in [-0.3, -0.25) is 4.79 Å². The number of aryl methyl sites for hydroxylation is 1. The molecule has 1 amide bonds. The molecular formula is C12H22N4O2. The fourth-order valence-electron chi connectivity index (χ4n) is 1.49. The van der Waals surface area contributed by atoms with Crippen molar-refractivity contribution in [2.24, 2.45) is 0 Å². The molecule has 6 heteroatoms.